The SMILES string of the molecule is O=C(CCCN1C(=O)c2ccc([N+](=O)[O-])cc2C1=O)Nc1n[nH]c2c1CNCC2. The van der Waals surface area contributed by atoms with Gasteiger partial charge in [0, 0.05) is 55.9 Å². The van der Waals surface area contributed by atoms with E-state index in [1.54, 1.807) is 0 Å². The van der Waals surface area contributed by atoms with E-state index >= 15 is 0 Å². The number of nitrogens with one attached hydrogen (secondary N) is 3. The molecule has 1 aromatic heterocycles. The monoisotopic (exact) mass is 398 g/mol. The van der Waals surface area contributed by atoms with Crippen molar-refractivity contribution in [3.8, 4) is 0 Å². The first-order valence-corrected chi connectivity index (χ1v) is 9.17. The highest BCUT2D eigenvalue weighted by atomic mass is 16.6. The average molecular weight is 398 g/mol. The highest BCUT2D eigenvalue weighted by Gasteiger charge is 2.36. The molecule has 11 nitrogen and oxygen atoms in total. The molecule has 2 aliphatic rings. The van der Waals surface area contributed by atoms with Gasteiger partial charge in [-0.1, -0.05) is 0 Å². The number of non-ortho nitro benzene ring substituents is 1. The summed E-state index contributed by atoms with van der Waals surface area (Å²) in [5, 5.41) is 23.9. The summed E-state index contributed by atoms with van der Waals surface area (Å²) in [4.78, 5) is 48.3. The van der Waals surface area contributed by atoms with Crippen LogP contribution in [0.15, 0.2) is 18.2 Å². The van der Waals surface area contributed by atoms with E-state index in [4.69, 9.17) is 0 Å². The maximum atomic E-state index is 12.4. The number of hydrogen-bond acceptors (Lipinski definition) is 7. The predicted octanol–water partition coefficient (Wildman–Crippen LogP) is 0.978. The number of rotatable bonds is 6. The Labute approximate surface area is 164 Å². The van der Waals surface area contributed by atoms with Gasteiger partial charge >= 0.3 is 0 Å². The predicted molar refractivity (Wildman–Crippen MR) is 100 cm³/mol. The molecule has 2 aromatic rings. The number of hydrogen-bond donors (Lipinski definition) is 3. The molecule has 3 N–H and O–H groups in total. The molecule has 11 heteroatoms. The first kappa shape index (κ1) is 18.7. The van der Waals surface area contributed by atoms with Gasteiger partial charge in [0.25, 0.3) is 17.5 Å². The van der Waals surface area contributed by atoms with E-state index in [0.717, 1.165) is 35.2 Å². The summed E-state index contributed by atoms with van der Waals surface area (Å²) in [6, 6.07) is 3.59. The van der Waals surface area contributed by atoms with Crippen molar-refractivity contribution in [2.45, 2.75) is 25.8 Å². The number of carbonyl (C=O) groups is 3. The van der Waals surface area contributed by atoms with Gasteiger partial charge in [-0.15, -0.1) is 0 Å². The number of nitro groups is 1. The Kier molecular flexibility index (Phi) is 4.80. The lowest BCUT2D eigenvalue weighted by Gasteiger charge is -2.14. The zero-order valence-corrected chi connectivity index (χ0v) is 15.4. The van der Waals surface area contributed by atoms with Crippen molar-refractivity contribution < 1.29 is 19.3 Å². The van der Waals surface area contributed by atoms with E-state index in [1.165, 1.54) is 12.1 Å². The third-order valence-corrected chi connectivity index (χ3v) is 5.01. The minimum absolute atomic E-state index is 0.0179. The Morgan fingerprint density at radius 3 is 2.86 bits per heavy atom. The topological polar surface area (TPSA) is 150 Å². The zero-order chi connectivity index (χ0) is 20.5. The molecular weight excluding hydrogens is 380 g/mol. The molecule has 0 radical (unpaired) electrons. The Balaban J connectivity index is 1.34. The molecular formula is C18H18N6O5. The molecule has 4 rings (SSSR count). The van der Waals surface area contributed by atoms with Crippen LogP contribution in [0, 0.1) is 10.1 Å². The summed E-state index contributed by atoms with van der Waals surface area (Å²) < 4.78 is 0. The van der Waals surface area contributed by atoms with E-state index in [0.29, 0.717) is 12.4 Å². The number of fused-ring (bicyclic) bond motifs is 2. The molecule has 3 heterocycles. The summed E-state index contributed by atoms with van der Waals surface area (Å²) in [6.45, 7) is 1.53. The van der Waals surface area contributed by atoms with Gasteiger partial charge in [0.1, 0.15) is 0 Å². The van der Waals surface area contributed by atoms with E-state index in [1.807, 2.05) is 0 Å². The highest BCUT2D eigenvalue weighted by molar-refractivity contribution is 6.21. The van der Waals surface area contributed by atoms with Gasteiger partial charge in [0.15, 0.2) is 5.82 Å². The molecule has 29 heavy (non-hydrogen) atoms. The Hall–Kier alpha value is -3.60. The van der Waals surface area contributed by atoms with Gasteiger partial charge in [-0.2, -0.15) is 5.10 Å². The second-order valence-electron chi connectivity index (χ2n) is 6.86. The van der Waals surface area contributed by atoms with Crippen molar-refractivity contribution in [3.63, 3.8) is 0 Å². The summed E-state index contributed by atoms with van der Waals surface area (Å²) in [7, 11) is 0. The standard InChI is InChI=1S/C18H18N6O5/c25-15(20-16-13-9-19-6-5-14(13)21-22-16)2-1-7-23-17(26)11-4-3-10(24(28)29)8-12(11)18(23)27/h3-4,8,19H,1-2,5-7,9H2,(H2,20,21,22,25). The minimum atomic E-state index is -0.617. The number of benzene rings is 1. The Bertz CT molecular complexity index is 1030. The third kappa shape index (κ3) is 3.47. The van der Waals surface area contributed by atoms with E-state index in [2.05, 4.69) is 20.8 Å². The Morgan fingerprint density at radius 1 is 1.28 bits per heavy atom. The van der Waals surface area contributed by atoms with Crippen molar-refractivity contribution in [2.24, 2.45) is 0 Å². The highest BCUT2D eigenvalue weighted by Crippen LogP contribution is 2.27. The summed E-state index contributed by atoms with van der Waals surface area (Å²) in [5.74, 6) is -0.864. The molecule has 0 spiro atoms. The summed E-state index contributed by atoms with van der Waals surface area (Å²) in [5.41, 5.74) is 1.85. The van der Waals surface area contributed by atoms with Gasteiger partial charge in [0.05, 0.1) is 16.1 Å². The molecule has 0 saturated carbocycles. The fraction of sp³-hybridized carbons (Fsp3) is 0.333. The third-order valence-electron chi connectivity index (χ3n) is 5.01. The maximum absolute atomic E-state index is 12.4. The van der Waals surface area contributed by atoms with E-state index < -0.39 is 16.7 Å². The van der Waals surface area contributed by atoms with Crippen LogP contribution in [0.1, 0.15) is 44.8 Å². The number of nitro benzene ring substituents is 1. The number of aromatic amines is 1. The largest absolute Gasteiger partial charge is 0.312 e. The molecule has 0 saturated heterocycles. The van der Waals surface area contributed by atoms with Gasteiger partial charge in [-0.25, -0.2) is 0 Å². The van der Waals surface area contributed by atoms with E-state index in [9.17, 15) is 24.5 Å². The lowest BCUT2D eigenvalue weighted by Crippen LogP contribution is -2.31. The lowest BCUT2D eigenvalue weighted by atomic mass is 10.1. The number of anilines is 1. The van der Waals surface area contributed by atoms with Gasteiger partial charge < -0.3 is 10.6 Å². The molecule has 2 aliphatic heterocycles. The van der Waals surface area contributed by atoms with Crippen LogP contribution in [0.3, 0.4) is 0 Å². The van der Waals surface area contributed by atoms with Gasteiger partial charge in [-0.05, 0) is 12.5 Å². The van der Waals surface area contributed by atoms with Crippen LogP contribution >= 0.6 is 0 Å². The molecule has 150 valence electrons. The van der Waals surface area contributed by atoms with Crippen molar-refractivity contribution in [3.05, 3.63) is 50.7 Å². The van der Waals surface area contributed by atoms with Gasteiger partial charge in [0.2, 0.25) is 5.91 Å². The van der Waals surface area contributed by atoms with Crippen LogP contribution in [0.25, 0.3) is 0 Å². The van der Waals surface area contributed by atoms with Gasteiger partial charge in [-0.3, -0.25) is 34.5 Å². The molecule has 0 atom stereocenters. The van der Waals surface area contributed by atoms with Crippen LogP contribution < -0.4 is 10.6 Å². The molecule has 0 aliphatic carbocycles. The van der Waals surface area contributed by atoms with E-state index in [-0.39, 0.29) is 42.1 Å². The molecule has 0 bridgehead atoms. The van der Waals surface area contributed by atoms with Crippen molar-refractivity contribution in [1.82, 2.24) is 20.4 Å². The average Bonchev–Trinajstić information content (AvgIpc) is 3.22. The van der Waals surface area contributed by atoms with Crippen LogP contribution in [0.4, 0.5) is 11.5 Å². The fourth-order valence-electron chi connectivity index (χ4n) is 3.52. The minimum Gasteiger partial charge on any atom is -0.312 e. The van der Waals surface area contributed by atoms with Crippen molar-refractivity contribution in [2.75, 3.05) is 18.4 Å². The molecule has 0 fully saturated rings. The number of amides is 3. The number of nitrogens with zero attached hydrogens (tertiary/aromatic N) is 3. The molecule has 3 amide bonds. The number of H-pyrrole nitrogens is 1. The van der Waals surface area contributed by atoms with Crippen molar-refractivity contribution >= 4 is 29.2 Å². The summed E-state index contributed by atoms with van der Waals surface area (Å²) in [6.07, 6.45) is 1.18. The first-order chi connectivity index (χ1) is 14.0. The second kappa shape index (κ2) is 7.43. The Morgan fingerprint density at radius 2 is 2.07 bits per heavy atom. The normalized spacial score (nSPS) is 15.2. The van der Waals surface area contributed by atoms with Crippen molar-refractivity contribution in [1.29, 1.82) is 0 Å². The fourth-order valence-corrected chi connectivity index (χ4v) is 3.52. The molecule has 1 aromatic carbocycles. The lowest BCUT2D eigenvalue weighted by molar-refractivity contribution is -0.384. The maximum Gasteiger partial charge on any atom is 0.270 e. The number of aromatic nitrogens is 2. The quantitative estimate of drug-likeness (QED) is 0.373. The van der Waals surface area contributed by atoms with Crippen LogP contribution in [0.5, 0.6) is 0 Å². The molecule has 0 unspecified atom stereocenters. The second-order valence-corrected chi connectivity index (χ2v) is 6.86. The number of imide groups is 1. The van der Waals surface area contributed by atoms with Crippen LogP contribution in [-0.4, -0.2) is 50.8 Å². The smallest absolute Gasteiger partial charge is 0.270 e. The van der Waals surface area contributed by atoms with Crippen LogP contribution in [-0.2, 0) is 17.8 Å². The first-order valence-electron chi connectivity index (χ1n) is 9.17. The zero-order valence-electron chi connectivity index (χ0n) is 15.4. The number of carbonyl (C=O) groups excluding carboxylic acids is 3. The van der Waals surface area contributed by atoms with Crippen LogP contribution in [0.2, 0.25) is 0 Å². The summed E-state index contributed by atoms with van der Waals surface area (Å²) >= 11 is 0.